The highest BCUT2D eigenvalue weighted by Crippen LogP contribution is 2.38. The number of hydrogen-bond donors (Lipinski definition) is 0. The molecule has 0 N–H and O–H groups in total. The van der Waals surface area contributed by atoms with Crippen LogP contribution in [0.4, 0.5) is 0 Å². The summed E-state index contributed by atoms with van der Waals surface area (Å²) in [5, 5.41) is 0.518. The SMILES string of the molecule is CCCCCCOc1ccc(C2c3c(oc4ccc(C)cc4c3=O)C(=O)N2CCN(CC)CC)cc1. The normalized spacial score (nSPS) is 15.2. The van der Waals surface area contributed by atoms with Gasteiger partial charge in [-0.1, -0.05) is 63.8 Å². The molecule has 0 aliphatic carbocycles. The zero-order valence-electron chi connectivity index (χ0n) is 22.0. The van der Waals surface area contributed by atoms with E-state index >= 15 is 0 Å². The first kappa shape index (κ1) is 26.0. The van der Waals surface area contributed by atoms with Crippen molar-refractivity contribution in [2.45, 2.75) is 59.4 Å². The molecule has 0 saturated carbocycles. The Bertz CT molecular complexity index is 1240. The fourth-order valence-corrected chi connectivity index (χ4v) is 4.97. The van der Waals surface area contributed by atoms with Crippen molar-refractivity contribution >= 4 is 16.9 Å². The van der Waals surface area contributed by atoms with Gasteiger partial charge in [-0.15, -0.1) is 0 Å². The van der Waals surface area contributed by atoms with Crippen molar-refractivity contribution in [3.63, 3.8) is 0 Å². The molecule has 0 fully saturated rings. The molecule has 0 bridgehead atoms. The van der Waals surface area contributed by atoms with E-state index < -0.39 is 6.04 Å². The lowest BCUT2D eigenvalue weighted by molar-refractivity contribution is 0.0708. The van der Waals surface area contributed by atoms with Gasteiger partial charge in [-0.2, -0.15) is 0 Å². The summed E-state index contributed by atoms with van der Waals surface area (Å²) in [6, 6.07) is 12.9. The summed E-state index contributed by atoms with van der Waals surface area (Å²) in [5.41, 5.74) is 2.63. The van der Waals surface area contributed by atoms with E-state index in [2.05, 4.69) is 25.7 Å². The predicted molar refractivity (Wildman–Crippen MR) is 144 cm³/mol. The predicted octanol–water partition coefficient (Wildman–Crippen LogP) is 5.95. The number of rotatable bonds is 12. The van der Waals surface area contributed by atoms with E-state index in [-0.39, 0.29) is 17.1 Å². The van der Waals surface area contributed by atoms with Crippen molar-refractivity contribution < 1.29 is 13.9 Å². The third kappa shape index (κ3) is 5.34. The summed E-state index contributed by atoms with van der Waals surface area (Å²) in [7, 11) is 0. The molecule has 6 nitrogen and oxygen atoms in total. The van der Waals surface area contributed by atoms with Crippen molar-refractivity contribution in [1.29, 1.82) is 0 Å². The first-order valence-corrected chi connectivity index (χ1v) is 13.3. The third-order valence-electron chi connectivity index (χ3n) is 7.14. The number of ether oxygens (including phenoxy) is 1. The second kappa shape index (κ2) is 11.7. The topological polar surface area (TPSA) is 63.0 Å². The van der Waals surface area contributed by atoms with Crippen molar-refractivity contribution in [2.24, 2.45) is 0 Å². The largest absolute Gasteiger partial charge is 0.494 e. The molecular weight excluding hydrogens is 452 g/mol. The van der Waals surface area contributed by atoms with E-state index in [4.69, 9.17) is 9.15 Å². The van der Waals surface area contributed by atoms with Crippen LogP contribution in [0, 0.1) is 6.92 Å². The van der Waals surface area contributed by atoms with Gasteiger partial charge in [-0.25, -0.2) is 0 Å². The second-order valence-electron chi connectivity index (χ2n) is 9.58. The monoisotopic (exact) mass is 490 g/mol. The maximum atomic E-state index is 13.7. The maximum absolute atomic E-state index is 13.7. The van der Waals surface area contributed by atoms with Crippen LogP contribution in [0.25, 0.3) is 11.0 Å². The van der Waals surface area contributed by atoms with E-state index in [9.17, 15) is 9.59 Å². The summed E-state index contributed by atoms with van der Waals surface area (Å²) in [5.74, 6) is 0.741. The van der Waals surface area contributed by atoms with Crippen molar-refractivity contribution in [3.8, 4) is 5.75 Å². The zero-order valence-corrected chi connectivity index (χ0v) is 22.0. The van der Waals surface area contributed by atoms with Crippen molar-refractivity contribution in [2.75, 3.05) is 32.8 Å². The molecule has 2 heterocycles. The van der Waals surface area contributed by atoms with E-state index in [0.29, 0.717) is 29.7 Å². The number of aryl methyl sites for hydroxylation is 1. The Morgan fingerprint density at radius 3 is 2.42 bits per heavy atom. The Morgan fingerprint density at radius 2 is 1.72 bits per heavy atom. The van der Waals surface area contributed by atoms with Crippen LogP contribution < -0.4 is 10.2 Å². The molecular formula is C30H38N2O4. The van der Waals surface area contributed by atoms with Gasteiger partial charge in [-0.3, -0.25) is 9.59 Å². The van der Waals surface area contributed by atoms with Gasteiger partial charge in [0, 0.05) is 13.1 Å². The standard InChI is InChI=1S/C30H38N2O4/c1-5-8-9-10-19-35-23-14-12-22(13-15-23)27-26-28(33)24-20-21(4)11-16-25(24)36-29(26)30(34)32(27)18-17-31(6-2)7-3/h11-16,20,27H,5-10,17-19H2,1-4H3. The van der Waals surface area contributed by atoms with Crippen LogP contribution in [0.5, 0.6) is 5.75 Å². The first-order valence-electron chi connectivity index (χ1n) is 13.3. The number of nitrogens with zero attached hydrogens (tertiary/aromatic N) is 2. The Kier molecular flexibility index (Phi) is 8.47. The third-order valence-corrected chi connectivity index (χ3v) is 7.14. The van der Waals surface area contributed by atoms with E-state index in [0.717, 1.165) is 42.9 Å². The zero-order chi connectivity index (χ0) is 25.7. The summed E-state index contributed by atoms with van der Waals surface area (Å²) in [6.07, 6.45) is 4.62. The first-order chi connectivity index (χ1) is 17.5. The number of carbonyl (C=O) groups excluding carboxylic acids is 1. The molecule has 0 spiro atoms. The molecule has 1 unspecified atom stereocenters. The van der Waals surface area contributed by atoms with Crippen LogP contribution in [0.2, 0.25) is 0 Å². The van der Waals surface area contributed by atoms with Crippen LogP contribution in [0.1, 0.15) is 79.7 Å². The lowest BCUT2D eigenvalue weighted by Crippen LogP contribution is -2.37. The minimum Gasteiger partial charge on any atom is -0.494 e. The van der Waals surface area contributed by atoms with Crippen LogP contribution in [0.15, 0.2) is 51.7 Å². The van der Waals surface area contributed by atoms with Gasteiger partial charge < -0.3 is 19.0 Å². The van der Waals surface area contributed by atoms with Gasteiger partial charge in [0.2, 0.25) is 5.76 Å². The number of likely N-dealkylation sites (N-methyl/N-ethyl adjacent to an activating group) is 1. The molecule has 1 atom stereocenters. The van der Waals surface area contributed by atoms with Gasteiger partial charge in [0.05, 0.1) is 23.6 Å². The molecule has 36 heavy (non-hydrogen) atoms. The quantitative estimate of drug-likeness (QED) is 0.294. The molecule has 192 valence electrons. The van der Waals surface area contributed by atoms with E-state index in [1.807, 2.05) is 43.3 Å². The molecule has 1 aromatic heterocycles. The van der Waals surface area contributed by atoms with Gasteiger partial charge in [0.15, 0.2) is 5.43 Å². The van der Waals surface area contributed by atoms with Gasteiger partial charge in [0.1, 0.15) is 11.3 Å². The highest BCUT2D eigenvalue weighted by molar-refractivity contribution is 5.99. The van der Waals surface area contributed by atoms with E-state index in [1.165, 1.54) is 19.3 Å². The summed E-state index contributed by atoms with van der Waals surface area (Å²) >= 11 is 0. The number of amides is 1. The molecule has 0 saturated heterocycles. The minimum atomic E-state index is -0.483. The summed E-state index contributed by atoms with van der Waals surface area (Å²) < 4.78 is 12.0. The summed E-state index contributed by atoms with van der Waals surface area (Å²) in [6.45, 7) is 12.1. The van der Waals surface area contributed by atoms with Crippen LogP contribution in [0.3, 0.4) is 0 Å². The number of hydrogen-bond acceptors (Lipinski definition) is 5. The van der Waals surface area contributed by atoms with Crippen LogP contribution >= 0.6 is 0 Å². The Labute approximate surface area is 213 Å². The van der Waals surface area contributed by atoms with Crippen LogP contribution in [-0.4, -0.2) is 48.5 Å². The van der Waals surface area contributed by atoms with Gasteiger partial charge in [0.25, 0.3) is 5.91 Å². The molecule has 4 rings (SSSR count). The number of unbranched alkanes of at least 4 members (excludes halogenated alkanes) is 3. The second-order valence-corrected chi connectivity index (χ2v) is 9.58. The molecule has 6 heteroatoms. The molecule has 1 amide bonds. The molecule has 1 aliphatic rings. The lowest BCUT2D eigenvalue weighted by Gasteiger charge is -2.28. The number of carbonyl (C=O) groups is 1. The molecule has 2 aromatic carbocycles. The maximum Gasteiger partial charge on any atom is 0.290 e. The fourth-order valence-electron chi connectivity index (χ4n) is 4.97. The minimum absolute atomic E-state index is 0.130. The highest BCUT2D eigenvalue weighted by atomic mass is 16.5. The van der Waals surface area contributed by atoms with Gasteiger partial charge in [-0.05, 0) is 56.3 Å². The summed E-state index contributed by atoms with van der Waals surface area (Å²) in [4.78, 5) is 31.4. The van der Waals surface area contributed by atoms with E-state index in [1.54, 1.807) is 11.0 Å². The Hall–Kier alpha value is -3.12. The van der Waals surface area contributed by atoms with Crippen molar-refractivity contribution in [1.82, 2.24) is 9.80 Å². The van der Waals surface area contributed by atoms with Crippen LogP contribution in [-0.2, 0) is 0 Å². The molecule has 3 aromatic rings. The average Bonchev–Trinajstić information content (AvgIpc) is 3.17. The number of benzene rings is 2. The Balaban J connectivity index is 1.68. The molecule has 0 radical (unpaired) electrons. The highest BCUT2D eigenvalue weighted by Gasteiger charge is 2.42. The Morgan fingerprint density at radius 1 is 0.972 bits per heavy atom. The lowest BCUT2D eigenvalue weighted by atomic mass is 9.98. The fraction of sp³-hybridized carbons (Fsp3) is 0.467. The smallest absolute Gasteiger partial charge is 0.290 e. The van der Waals surface area contributed by atoms with Gasteiger partial charge >= 0.3 is 0 Å². The number of fused-ring (bicyclic) bond motifs is 2. The molecule has 1 aliphatic heterocycles. The van der Waals surface area contributed by atoms with Crippen molar-refractivity contribution in [3.05, 3.63) is 75.1 Å². The average molecular weight is 491 g/mol.